The van der Waals surface area contributed by atoms with E-state index in [0.29, 0.717) is 0 Å². The molecule has 0 aromatic heterocycles. The Hall–Kier alpha value is -1.84. The number of fused-ring (bicyclic) bond motifs is 3. The molecule has 2 aliphatic rings. The van der Waals surface area contributed by atoms with Crippen molar-refractivity contribution in [2.45, 2.75) is 25.8 Å². The lowest BCUT2D eigenvalue weighted by Gasteiger charge is -2.37. The molecule has 0 unspecified atom stereocenters. The van der Waals surface area contributed by atoms with Crippen LogP contribution in [0.25, 0.3) is 0 Å². The van der Waals surface area contributed by atoms with E-state index < -0.39 is 5.54 Å². The maximum atomic E-state index is 12.0. The number of aryl methyl sites for hydroxylation is 1. The van der Waals surface area contributed by atoms with Gasteiger partial charge in [-0.25, -0.2) is 0 Å². The molecule has 2 heterocycles. The molecule has 0 spiro atoms. The van der Waals surface area contributed by atoms with Gasteiger partial charge in [-0.15, -0.1) is 0 Å². The van der Waals surface area contributed by atoms with Gasteiger partial charge in [0, 0.05) is 17.7 Å². The predicted octanol–water partition coefficient (Wildman–Crippen LogP) is 1.30. The molecule has 3 rings (SSSR count). The van der Waals surface area contributed by atoms with Crippen molar-refractivity contribution < 1.29 is 9.59 Å². The number of rotatable bonds is 0. The number of hydrogen-bond acceptors (Lipinski definition) is 2. The summed E-state index contributed by atoms with van der Waals surface area (Å²) in [6.45, 7) is 3.94. The lowest BCUT2D eigenvalue weighted by atomic mass is 9.76. The minimum atomic E-state index is -0.555. The minimum absolute atomic E-state index is 0.0537. The summed E-state index contributed by atoms with van der Waals surface area (Å²) < 4.78 is 0. The highest BCUT2D eigenvalue weighted by Crippen LogP contribution is 2.44. The van der Waals surface area contributed by atoms with Crippen LogP contribution in [0, 0.1) is 12.8 Å². The highest BCUT2D eigenvalue weighted by Gasteiger charge is 2.51. The van der Waals surface area contributed by atoms with Crippen molar-refractivity contribution in [1.29, 1.82) is 0 Å². The molecule has 0 radical (unpaired) electrons. The maximum Gasteiger partial charge on any atom is 0.230 e. The molecule has 1 aromatic carbocycles. The van der Waals surface area contributed by atoms with E-state index >= 15 is 0 Å². The van der Waals surface area contributed by atoms with E-state index in [1.807, 2.05) is 32.0 Å². The van der Waals surface area contributed by atoms with Gasteiger partial charge < -0.3 is 10.6 Å². The van der Waals surface area contributed by atoms with Gasteiger partial charge in [0.15, 0.2) is 0 Å². The molecule has 0 bridgehead atoms. The fourth-order valence-electron chi connectivity index (χ4n) is 2.84. The largest absolute Gasteiger partial charge is 0.346 e. The van der Waals surface area contributed by atoms with Gasteiger partial charge in [0.05, 0.1) is 11.5 Å². The second-order valence-corrected chi connectivity index (χ2v) is 5.05. The normalized spacial score (nSPS) is 30.4. The summed E-state index contributed by atoms with van der Waals surface area (Å²) in [7, 11) is 0. The van der Waals surface area contributed by atoms with Gasteiger partial charge in [-0.05, 0) is 19.9 Å². The first kappa shape index (κ1) is 10.3. The van der Waals surface area contributed by atoms with Crippen LogP contribution >= 0.6 is 0 Å². The third-order valence-corrected chi connectivity index (χ3v) is 3.79. The Morgan fingerprint density at radius 3 is 2.88 bits per heavy atom. The van der Waals surface area contributed by atoms with Gasteiger partial charge in [-0.2, -0.15) is 0 Å². The average molecular weight is 230 g/mol. The summed E-state index contributed by atoms with van der Waals surface area (Å²) >= 11 is 0. The minimum Gasteiger partial charge on any atom is -0.346 e. The summed E-state index contributed by atoms with van der Waals surface area (Å²) in [5, 5.41) is 5.82. The van der Waals surface area contributed by atoms with Crippen LogP contribution in [0.1, 0.15) is 24.5 Å². The van der Waals surface area contributed by atoms with Gasteiger partial charge in [-0.3, -0.25) is 9.59 Å². The monoisotopic (exact) mass is 230 g/mol. The Labute approximate surface area is 99.4 Å². The summed E-state index contributed by atoms with van der Waals surface area (Å²) in [6.07, 6.45) is 0.274. The average Bonchev–Trinajstić information content (AvgIpc) is 2.57. The molecular weight excluding hydrogens is 216 g/mol. The molecule has 1 fully saturated rings. The number of amides is 2. The van der Waals surface area contributed by atoms with Crippen molar-refractivity contribution in [3.8, 4) is 0 Å². The van der Waals surface area contributed by atoms with E-state index in [1.54, 1.807) is 0 Å². The zero-order valence-corrected chi connectivity index (χ0v) is 9.83. The van der Waals surface area contributed by atoms with Crippen LogP contribution in [-0.2, 0) is 15.1 Å². The first-order valence-corrected chi connectivity index (χ1v) is 5.74. The molecule has 4 heteroatoms. The van der Waals surface area contributed by atoms with Crippen molar-refractivity contribution in [3.05, 3.63) is 29.3 Å². The predicted molar refractivity (Wildman–Crippen MR) is 63.4 cm³/mol. The molecule has 2 amide bonds. The lowest BCUT2D eigenvalue weighted by molar-refractivity contribution is -0.123. The number of carbonyl (C=O) groups excluding carboxylic acids is 2. The Balaban J connectivity index is 2.22. The number of carbonyl (C=O) groups is 2. The SMILES string of the molecule is Cc1ccc2c(c1)[C@@]1(C)NC(=O)C[C@H]1C(=O)N2. The van der Waals surface area contributed by atoms with E-state index in [4.69, 9.17) is 0 Å². The maximum absolute atomic E-state index is 12.0. The number of benzene rings is 1. The molecule has 2 aliphatic heterocycles. The summed E-state index contributed by atoms with van der Waals surface area (Å²) in [6, 6.07) is 5.89. The molecule has 17 heavy (non-hydrogen) atoms. The van der Waals surface area contributed by atoms with Crippen molar-refractivity contribution in [2.75, 3.05) is 5.32 Å². The Morgan fingerprint density at radius 2 is 2.12 bits per heavy atom. The van der Waals surface area contributed by atoms with Crippen LogP contribution in [0.15, 0.2) is 18.2 Å². The Kier molecular flexibility index (Phi) is 1.88. The fraction of sp³-hybridized carbons (Fsp3) is 0.385. The summed E-state index contributed by atoms with van der Waals surface area (Å²) in [5.74, 6) is -0.423. The smallest absolute Gasteiger partial charge is 0.230 e. The van der Waals surface area contributed by atoms with Gasteiger partial charge in [-0.1, -0.05) is 17.7 Å². The fourth-order valence-corrected chi connectivity index (χ4v) is 2.84. The summed E-state index contributed by atoms with van der Waals surface area (Å²) in [4.78, 5) is 23.5. The van der Waals surface area contributed by atoms with Crippen molar-refractivity contribution >= 4 is 17.5 Å². The van der Waals surface area contributed by atoms with E-state index in [2.05, 4.69) is 10.6 Å². The molecule has 2 atom stereocenters. The molecule has 88 valence electrons. The van der Waals surface area contributed by atoms with Crippen LogP contribution in [-0.4, -0.2) is 11.8 Å². The molecule has 1 saturated heterocycles. The first-order valence-electron chi connectivity index (χ1n) is 5.74. The van der Waals surface area contributed by atoms with Crippen LogP contribution in [0.2, 0.25) is 0 Å². The van der Waals surface area contributed by atoms with Crippen molar-refractivity contribution in [1.82, 2.24) is 5.32 Å². The topological polar surface area (TPSA) is 58.2 Å². The first-order chi connectivity index (χ1) is 8.00. The summed E-state index contributed by atoms with van der Waals surface area (Å²) in [5.41, 5.74) is 2.39. The second kappa shape index (κ2) is 3.09. The highest BCUT2D eigenvalue weighted by atomic mass is 16.2. The third-order valence-electron chi connectivity index (χ3n) is 3.79. The standard InChI is InChI=1S/C13H14N2O2/c1-7-3-4-10-8(5-7)13(2)9(12(17)14-10)6-11(16)15-13/h3-5,9H,6H2,1-2H3,(H,14,17)(H,15,16)/t9-,13+/m0/s1. The molecule has 0 aliphatic carbocycles. The number of hydrogen-bond donors (Lipinski definition) is 2. The van der Waals surface area contributed by atoms with Crippen LogP contribution in [0.4, 0.5) is 5.69 Å². The van der Waals surface area contributed by atoms with E-state index in [0.717, 1.165) is 16.8 Å². The van der Waals surface area contributed by atoms with Crippen molar-refractivity contribution in [2.24, 2.45) is 5.92 Å². The zero-order chi connectivity index (χ0) is 12.2. The molecule has 1 aromatic rings. The number of nitrogens with one attached hydrogen (secondary N) is 2. The van der Waals surface area contributed by atoms with E-state index in [-0.39, 0.29) is 24.2 Å². The van der Waals surface area contributed by atoms with Crippen LogP contribution < -0.4 is 10.6 Å². The van der Waals surface area contributed by atoms with Gasteiger partial charge in [0.1, 0.15) is 0 Å². The van der Waals surface area contributed by atoms with Crippen molar-refractivity contribution in [3.63, 3.8) is 0 Å². The Morgan fingerprint density at radius 1 is 1.35 bits per heavy atom. The molecule has 2 N–H and O–H groups in total. The highest BCUT2D eigenvalue weighted by molar-refractivity contribution is 6.02. The number of anilines is 1. The zero-order valence-electron chi connectivity index (χ0n) is 9.83. The Bertz CT molecular complexity index is 538. The molecular formula is C13H14N2O2. The second-order valence-electron chi connectivity index (χ2n) is 5.05. The van der Waals surface area contributed by atoms with Gasteiger partial charge in [0.2, 0.25) is 11.8 Å². The van der Waals surface area contributed by atoms with Crippen LogP contribution in [0.5, 0.6) is 0 Å². The quantitative estimate of drug-likeness (QED) is 0.705. The lowest BCUT2D eigenvalue weighted by Crippen LogP contribution is -2.48. The van der Waals surface area contributed by atoms with Gasteiger partial charge >= 0.3 is 0 Å². The third kappa shape index (κ3) is 1.30. The van der Waals surface area contributed by atoms with E-state index in [1.165, 1.54) is 0 Å². The molecule has 4 nitrogen and oxygen atoms in total. The van der Waals surface area contributed by atoms with Crippen LogP contribution in [0.3, 0.4) is 0 Å². The van der Waals surface area contributed by atoms with E-state index in [9.17, 15) is 9.59 Å². The molecule has 0 saturated carbocycles. The van der Waals surface area contributed by atoms with Gasteiger partial charge in [0.25, 0.3) is 0 Å².